The minimum absolute atomic E-state index is 0.0412. The summed E-state index contributed by atoms with van der Waals surface area (Å²) in [5, 5.41) is 4.41. The van der Waals surface area contributed by atoms with Gasteiger partial charge in [0.15, 0.2) is 0 Å². The Morgan fingerprint density at radius 3 is 2.26 bits per heavy atom. The number of nitrogens with one attached hydrogen (secondary N) is 2. The van der Waals surface area contributed by atoms with Gasteiger partial charge >= 0.3 is 12.4 Å². The number of allylic oxidation sites excluding steroid dienone is 2. The zero-order chi connectivity index (χ0) is 27.7. The lowest BCUT2D eigenvalue weighted by Crippen LogP contribution is -2.66. The molecule has 2 saturated carbocycles. The fourth-order valence-corrected chi connectivity index (χ4v) is 7.95. The topological polar surface area (TPSA) is 58.2 Å². The van der Waals surface area contributed by atoms with Gasteiger partial charge in [-0.1, -0.05) is 56.3 Å². The zero-order valence-electron chi connectivity index (χ0n) is 21.0. The summed E-state index contributed by atoms with van der Waals surface area (Å²) in [6, 6.07) is 5.00. The number of fused-ring (bicyclic) bond motifs is 5. The highest BCUT2D eigenvalue weighted by molar-refractivity contribution is 5.90. The third kappa shape index (κ3) is 3.72. The Hall–Kier alpha value is -2.78. The van der Waals surface area contributed by atoms with E-state index in [0.717, 1.165) is 30.0 Å². The lowest BCUT2D eigenvalue weighted by atomic mass is 9.50. The van der Waals surface area contributed by atoms with Crippen LogP contribution in [0.5, 0.6) is 0 Å². The molecule has 0 aromatic heterocycles. The largest absolute Gasteiger partial charge is 0.424 e. The van der Waals surface area contributed by atoms with Crippen molar-refractivity contribution in [2.45, 2.75) is 63.8 Å². The zero-order valence-corrected chi connectivity index (χ0v) is 21.0. The van der Waals surface area contributed by atoms with Gasteiger partial charge in [-0.15, -0.1) is 0 Å². The van der Waals surface area contributed by atoms with Crippen LogP contribution in [0.25, 0.3) is 0 Å². The molecule has 1 aromatic rings. The second-order valence-corrected chi connectivity index (χ2v) is 11.6. The summed E-state index contributed by atoms with van der Waals surface area (Å²) in [6.07, 6.45) is -3.68. The number of carbonyl (C=O) groups excluding carboxylic acids is 2. The maximum absolute atomic E-state index is 14.3. The van der Waals surface area contributed by atoms with Crippen LogP contribution in [0, 0.1) is 34.5 Å². The highest BCUT2D eigenvalue weighted by Crippen LogP contribution is 2.65. The number of rotatable bonds is 3. The van der Waals surface area contributed by atoms with Crippen molar-refractivity contribution in [2.24, 2.45) is 34.5 Å². The molecule has 1 aromatic carbocycles. The Labute approximate surface area is 216 Å². The van der Waals surface area contributed by atoms with Crippen LogP contribution in [0.3, 0.4) is 0 Å². The molecule has 3 unspecified atom stereocenters. The van der Waals surface area contributed by atoms with E-state index in [-0.39, 0.29) is 30.1 Å². The van der Waals surface area contributed by atoms with Gasteiger partial charge in [-0.2, -0.15) is 26.3 Å². The van der Waals surface area contributed by atoms with Crippen LogP contribution in [0.1, 0.15) is 51.5 Å². The summed E-state index contributed by atoms with van der Waals surface area (Å²) in [5.74, 6) is -2.18. The van der Waals surface area contributed by atoms with E-state index in [1.807, 2.05) is 26.0 Å². The van der Waals surface area contributed by atoms with Gasteiger partial charge in [0.2, 0.25) is 11.8 Å². The van der Waals surface area contributed by atoms with Crippen LogP contribution in [-0.2, 0) is 15.1 Å². The molecular weight excluding hydrogens is 510 g/mol. The quantitative estimate of drug-likeness (QED) is 0.451. The van der Waals surface area contributed by atoms with Crippen LogP contribution in [0.4, 0.5) is 26.3 Å². The fourth-order valence-electron chi connectivity index (χ4n) is 7.95. The van der Waals surface area contributed by atoms with Gasteiger partial charge in [-0.25, -0.2) is 0 Å². The number of benzene rings is 1. The Kier molecular flexibility index (Phi) is 6.08. The van der Waals surface area contributed by atoms with Crippen molar-refractivity contribution in [1.82, 2.24) is 10.6 Å². The lowest BCUT2D eigenvalue weighted by molar-refractivity contribution is -0.312. The van der Waals surface area contributed by atoms with Gasteiger partial charge in [0, 0.05) is 23.1 Å². The first-order valence-corrected chi connectivity index (χ1v) is 12.9. The summed E-state index contributed by atoms with van der Waals surface area (Å²) in [6.45, 7) is 3.89. The maximum atomic E-state index is 14.3. The Bertz CT molecular complexity index is 1180. The summed E-state index contributed by atoms with van der Waals surface area (Å²) in [7, 11) is 0. The summed E-state index contributed by atoms with van der Waals surface area (Å²) < 4.78 is 85.8. The normalized spacial score (nSPS) is 34.9. The molecule has 2 N–H and O–H groups in total. The van der Waals surface area contributed by atoms with Crippen LogP contribution < -0.4 is 10.6 Å². The van der Waals surface area contributed by atoms with Crippen molar-refractivity contribution < 1.29 is 35.9 Å². The predicted molar refractivity (Wildman–Crippen MR) is 127 cm³/mol. The fraction of sp³-hybridized carbons (Fsp3) is 0.571. The smallest absolute Gasteiger partial charge is 0.331 e. The molecule has 2 amide bonds. The van der Waals surface area contributed by atoms with E-state index < -0.39 is 46.1 Å². The molecule has 1 heterocycles. The Morgan fingerprint density at radius 1 is 0.974 bits per heavy atom. The molecular formula is C28H30F6N2O2. The first-order chi connectivity index (χ1) is 17.6. The van der Waals surface area contributed by atoms with Crippen LogP contribution in [0.15, 0.2) is 54.3 Å². The van der Waals surface area contributed by atoms with E-state index in [2.05, 4.69) is 5.32 Å². The van der Waals surface area contributed by atoms with Crippen molar-refractivity contribution in [3.8, 4) is 0 Å². The van der Waals surface area contributed by atoms with E-state index in [9.17, 15) is 35.9 Å². The molecule has 0 radical (unpaired) electrons. The predicted octanol–water partition coefficient (Wildman–Crippen LogP) is 6.16. The summed E-state index contributed by atoms with van der Waals surface area (Å²) >= 11 is 0. The number of carbonyl (C=O) groups is 2. The first-order valence-electron chi connectivity index (χ1n) is 12.9. The van der Waals surface area contributed by atoms with Gasteiger partial charge in [0.05, 0.1) is 0 Å². The van der Waals surface area contributed by atoms with Crippen molar-refractivity contribution in [3.63, 3.8) is 0 Å². The maximum Gasteiger partial charge on any atom is 0.424 e. The third-order valence-electron chi connectivity index (χ3n) is 9.91. The minimum Gasteiger partial charge on any atom is -0.331 e. The van der Waals surface area contributed by atoms with Crippen molar-refractivity contribution >= 4 is 11.8 Å². The molecule has 4 aliphatic rings. The van der Waals surface area contributed by atoms with Crippen molar-refractivity contribution in [2.75, 3.05) is 0 Å². The number of hydrogen-bond donors (Lipinski definition) is 2. The second kappa shape index (κ2) is 8.61. The number of amides is 2. The molecule has 1 aliphatic heterocycles. The summed E-state index contributed by atoms with van der Waals surface area (Å²) in [4.78, 5) is 25.4. The molecule has 2 fully saturated rings. The average molecular weight is 541 g/mol. The third-order valence-corrected chi connectivity index (χ3v) is 9.91. The standard InChI is InChI=1S/C28H30F6N2O2/c1-24-14-12-19-17(8-11-21-25(19,2)15-13-22(37)35-21)18(24)9-10-20(24)23(38)36-26(27(29,30)31,28(32,33)34)16-6-4-3-5-7-16/h3-7,11,13,15,17-20H,8-10,12,14H2,1-2H3,(H,35,37)(H,36,38)/t17?,18?,19?,20-,24+,25-/m1/s1. The van der Waals surface area contributed by atoms with Gasteiger partial charge in [-0.05, 0) is 60.8 Å². The monoisotopic (exact) mass is 540 g/mol. The van der Waals surface area contributed by atoms with E-state index in [1.54, 1.807) is 0 Å². The van der Waals surface area contributed by atoms with Gasteiger partial charge in [0.1, 0.15) is 0 Å². The van der Waals surface area contributed by atoms with E-state index >= 15 is 0 Å². The highest BCUT2D eigenvalue weighted by atomic mass is 19.4. The molecule has 0 spiro atoms. The molecule has 4 nitrogen and oxygen atoms in total. The molecule has 6 atom stereocenters. The lowest BCUT2D eigenvalue weighted by Gasteiger charge is -2.56. The molecule has 0 bridgehead atoms. The van der Waals surface area contributed by atoms with Gasteiger partial charge < -0.3 is 10.6 Å². The highest BCUT2D eigenvalue weighted by Gasteiger charge is 2.73. The molecule has 0 saturated heterocycles. The van der Waals surface area contributed by atoms with Crippen LogP contribution >= 0.6 is 0 Å². The molecule has 206 valence electrons. The minimum atomic E-state index is -5.81. The summed E-state index contributed by atoms with van der Waals surface area (Å²) in [5.41, 5.74) is -5.89. The Morgan fingerprint density at radius 2 is 1.63 bits per heavy atom. The molecule has 3 aliphatic carbocycles. The molecule has 5 rings (SSSR count). The number of alkyl halides is 6. The SMILES string of the molecule is C[C@]12C=CC(=O)NC1=CCC1C2CC[C@@]2(C)C1CC[C@@H]2C(=O)NC(c1ccccc1)(C(F)(F)F)C(F)(F)F. The van der Waals surface area contributed by atoms with Gasteiger partial charge in [-0.3, -0.25) is 9.59 Å². The Balaban J connectivity index is 1.46. The molecule has 10 heteroatoms. The second-order valence-electron chi connectivity index (χ2n) is 11.6. The number of hydrogen-bond acceptors (Lipinski definition) is 2. The first kappa shape index (κ1) is 26.8. The van der Waals surface area contributed by atoms with E-state index in [1.165, 1.54) is 17.5 Å². The number of halogens is 6. The molecule has 38 heavy (non-hydrogen) atoms. The van der Waals surface area contributed by atoms with Gasteiger partial charge in [0.25, 0.3) is 5.54 Å². The van der Waals surface area contributed by atoms with Crippen molar-refractivity contribution in [3.05, 3.63) is 59.8 Å². The van der Waals surface area contributed by atoms with E-state index in [0.29, 0.717) is 25.7 Å². The van der Waals surface area contributed by atoms with Crippen LogP contribution in [-0.4, -0.2) is 24.2 Å². The van der Waals surface area contributed by atoms with E-state index in [4.69, 9.17) is 0 Å². The van der Waals surface area contributed by atoms with Crippen LogP contribution in [0.2, 0.25) is 0 Å². The average Bonchev–Trinajstić information content (AvgIpc) is 3.19. The van der Waals surface area contributed by atoms with Crippen molar-refractivity contribution in [1.29, 1.82) is 0 Å².